The van der Waals surface area contributed by atoms with Gasteiger partial charge in [-0.05, 0) is 45.0 Å². The molecule has 0 aliphatic rings. The van der Waals surface area contributed by atoms with E-state index in [9.17, 15) is 4.79 Å². The van der Waals surface area contributed by atoms with Crippen molar-refractivity contribution < 1.29 is 13.9 Å². The van der Waals surface area contributed by atoms with Crippen LogP contribution in [-0.2, 0) is 0 Å². The molecule has 1 atom stereocenters. The summed E-state index contributed by atoms with van der Waals surface area (Å²) in [4.78, 5) is 12.0. The molecule has 0 saturated carbocycles. The van der Waals surface area contributed by atoms with Crippen LogP contribution in [0.2, 0.25) is 0 Å². The van der Waals surface area contributed by atoms with Crippen LogP contribution in [-0.4, -0.2) is 12.6 Å². The minimum Gasteiger partial charge on any atom is -0.492 e. The van der Waals surface area contributed by atoms with Crippen molar-refractivity contribution in [3.8, 4) is 5.75 Å². The lowest BCUT2D eigenvalue weighted by Gasteiger charge is -2.14. The van der Waals surface area contributed by atoms with Gasteiger partial charge in [0.25, 0.3) is 0 Å². The van der Waals surface area contributed by atoms with Gasteiger partial charge in [0.1, 0.15) is 17.3 Å². The van der Waals surface area contributed by atoms with E-state index in [0.29, 0.717) is 18.0 Å². The molecule has 21 heavy (non-hydrogen) atoms. The van der Waals surface area contributed by atoms with Crippen LogP contribution in [0.3, 0.4) is 0 Å². The number of carbonyl (C=O) groups is 1. The number of carbonyl (C=O) groups excluding carboxylic acids is 1. The summed E-state index contributed by atoms with van der Waals surface area (Å²) in [6, 6.07) is 10.5. The number of hydrogen-bond donors (Lipinski definition) is 2. The summed E-state index contributed by atoms with van der Waals surface area (Å²) in [6.45, 7) is 6.18. The van der Waals surface area contributed by atoms with Crippen molar-refractivity contribution in [3.63, 3.8) is 0 Å². The van der Waals surface area contributed by atoms with E-state index in [1.165, 1.54) is 0 Å². The Morgan fingerprint density at radius 1 is 1.29 bits per heavy atom. The summed E-state index contributed by atoms with van der Waals surface area (Å²) < 4.78 is 11.0. The van der Waals surface area contributed by atoms with Gasteiger partial charge in [0.05, 0.1) is 18.3 Å². The SMILES string of the molecule is CCOc1ccccc1NC(=O)N[C@H](C)c1ccc(C)o1. The topological polar surface area (TPSA) is 63.5 Å². The van der Waals surface area contributed by atoms with Crippen LogP contribution in [0, 0.1) is 6.92 Å². The third kappa shape index (κ3) is 4.02. The van der Waals surface area contributed by atoms with Gasteiger partial charge in [-0.25, -0.2) is 4.79 Å². The fraction of sp³-hybridized carbons (Fsp3) is 0.312. The fourth-order valence-corrected chi connectivity index (χ4v) is 1.96. The van der Waals surface area contributed by atoms with E-state index in [2.05, 4.69) is 10.6 Å². The maximum Gasteiger partial charge on any atom is 0.319 e. The number of aryl methyl sites for hydroxylation is 1. The van der Waals surface area contributed by atoms with E-state index < -0.39 is 0 Å². The molecule has 0 aliphatic heterocycles. The molecule has 0 fully saturated rings. The van der Waals surface area contributed by atoms with Crippen molar-refractivity contribution in [2.75, 3.05) is 11.9 Å². The molecule has 2 N–H and O–H groups in total. The quantitative estimate of drug-likeness (QED) is 0.877. The van der Waals surface area contributed by atoms with Crippen LogP contribution >= 0.6 is 0 Å². The second kappa shape index (κ2) is 6.83. The Morgan fingerprint density at radius 2 is 2.05 bits per heavy atom. The van der Waals surface area contributed by atoms with Crippen LogP contribution in [0.25, 0.3) is 0 Å². The summed E-state index contributed by atoms with van der Waals surface area (Å²) in [7, 11) is 0. The number of benzene rings is 1. The Kier molecular flexibility index (Phi) is 4.87. The first-order valence-electron chi connectivity index (χ1n) is 6.96. The lowest BCUT2D eigenvalue weighted by molar-refractivity contribution is 0.247. The van der Waals surface area contributed by atoms with Gasteiger partial charge < -0.3 is 19.8 Å². The van der Waals surface area contributed by atoms with Gasteiger partial charge in [-0.3, -0.25) is 0 Å². The molecule has 0 unspecified atom stereocenters. The van der Waals surface area contributed by atoms with Gasteiger partial charge in [-0.1, -0.05) is 12.1 Å². The molecule has 5 heteroatoms. The van der Waals surface area contributed by atoms with E-state index in [0.717, 1.165) is 11.5 Å². The van der Waals surface area contributed by atoms with Crippen molar-refractivity contribution >= 4 is 11.7 Å². The molecule has 0 radical (unpaired) electrons. The molecule has 2 rings (SSSR count). The molecular formula is C16H20N2O3. The average Bonchev–Trinajstić information content (AvgIpc) is 2.88. The van der Waals surface area contributed by atoms with Crippen molar-refractivity contribution in [2.45, 2.75) is 26.8 Å². The molecule has 0 aliphatic carbocycles. The first-order valence-corrected chi connectivity index (χ1v) is 6.96. The highest BCUT2D eigenvalue weighted by Gasteiger charge is 2.13. The smallest absolute Gasteiger partial charge is 0.319 e. The van der Waals surface area contributed by atoms with E-state index in [1.54, 1.807) is 6.07 Å². The number of nitrogens with one attached hydrogen (secondary N) is 2. The third-order valence-electron chi connectivity index (χ3n) is 2.97. The molecule has 0 spiro atoms. The van der Waals surface area contributed by atoms with Crippen LogP contribution in [0.1, 0.15) is 31.4 Å². The van der Waals surface area contributed by atoms with Crippen molar-refractivity contribution in [3.05, 3.63) is 47.9 Å². The van der Waals surface area contributed by atoms with Crippen molar-refractivity contribution in [2.24, 2.45) is 0 Å². The van der Waals surface area contributed by atoms with Crippen LogP contribution in [0.5, 0.6) is 5.75 Å². The van der Waals surface area contributed by atoms with E-state index in [-0.39, 0.29) is 12.1 Å². The molecule has 1 aromatic carbocycles. The second-order valence-corrected chi connectivity index (χ2v) is 4.70. The second-order valence-electron chi connectivity index (χ2n) is 4.70. The van der Waals surface area contributed by atoms with E-state index in [4.69, 9.17) is 9.15 Å². The molecule has 0 bridgehead atoms. The number of urea groups is 1. The standard InChI is InChI=1S/C16H20N2O3/c1-4-20-15-8-6-5-7-13(15)18-16(19)17-12(3)14-10-9-11(2)21-14/h5-10,12H,4H2,1-3H3,(H2,17,18,19)/t12-/m1/s1. The number of amides is 2. The van der Waals surface area contributed by atoms with E-state index in [1.807, 2.05) is 51.1 Å². The minimum atomic E-state index is -0.302. The zero-order valence-electron chi connectivity index (χ0n) is 12.5. The van der Waals surface area contributed by atoms with Gasteiger partial charge in [0, 0.05) is 0 Å². The predicted molar refractivity (Wildman–Crippen MR) is 81.6 cm³/mol. The third-order valence-corrected chi connectivity index (χ3v) is 2.97. The van der Waals surface area contributed by atoms with Crippen molar-refractivity contribution in [1.82, 2.24) is 5.32 Å². The van der Waals surface area contributed by atoms with Crippen molar-refractivity contribution in [1.29, 1.82) is 0 Å². The normalized spacial score (nSPS) is 11.8. The summed E-state index contributed by atoms with van der Waals surface area (Å²) >= 11 is 0. The lowest BCUT2D eigenvalue weighted by Crippen LogP contribution is -2.31. The largest absolute Gasteiger partial charge is 0.492 e. The fourth-order valence-electron chi connectivity index (χ4n) is 1.96. The van der Waals surface area contributed by atoms with E-state index >= 15 is 0 Å². The van der Waals surface area contributed by atoms with Gasteiger partial charge in [0.15, 0.2) is 0 Å². The summed E-state index contributed by atoms with van der Waals surface area (Å²) in [6.07, 6.45) is 0. The summed E-state index contributed by atoms with van der Waals surface area (Å²) in [5.41, 5.74) is 0.639. The molecular weight excluding hydrogens is 268 g/mol. The number of rotatable bonds is 5. The Labute approximate surface area is 124 Å². The minimum absolute atomic E-state index is 0.210. The zero-order valence-corrected chi connectivity index (χ0v) is 12.5. The Bertz CT molecular complexity index is 607. The Morgan fingerprint density at radius 3 is 2.71 bits per heavy atom. The Hall–Kier alpha value is -2.43. The number of hydrogen-bond acceptors (Lipinski definition) is 3. The average molecular weight is 288 g/mol. The van der Waals surface area contributed by atoms with Gasteiger partial charge in [0.2, 0.25) is 0 Å². The van der Waals surface area contributed by atoms with Crippen LogP contribution in [0.4, 0.5) is 10.5 Å². The monoisotopic (exact) mass is 288 g/mol. The van der Waals surface area contributed by atoms with Gasteiger partial charge in [-0.2, -0.15) is 0 Å². The Balaban J connectivity index is 1.98. The molecule has 5 nitrogen and oxygen atoms in total. The zero-order chi connectivity index (χ0) is 15.2. The highest BCUT2D eigenvalue weighted by molar-refractivity contribution is 5.91. The maximum atomic E-state index is 12.0. The number of furan rings is 1. The molecule has 1 aromatic heterocycles. The first kappa shape index (κ1) is 15.0. The molecule has 1 heterocycles. The molecule has 2 aromatic rings. The first-order chi connectivity index (χ1) is 10.1. The maximum absolute atomic E-state index is 12.0. The predicted octanol–water partition coefficient (Wildman–Crippen LogP) is 3.87. The highest BCUT2D eigenvalue weighted by Crippen LogP contribution is 2.24. The molecule has 2 amide bonds. The number of anilines is 1. The molecule has 112 valence electrons. The number of ether oxygens (including phenoxy) is 1. The summed E-state index contributed by atoms with van der Waals surface area (Å²) in [5.74, 6) is 2.19. The summed E-state index contributed by atoms with van der Waals surface area (Å²) in [5, 5.41) is 5.61. The number of para-hydroxylation sites is 2. The molecule has 0 saturated heterocycles. The van der Waals surface area contributed by atoms with Crippen LogP contribution < -0.4 is 15.4 Å². The highest BCUT2D eigenvalue weighted by atomic mass is 16.5. The van der Waals surface area contributed by atoms with Gasteiger partial charge in [-0.15, -0.1) is 0 Å². The van der Waals surface area contributed by atoms with Crippen LogP contribution in [0.15, 0.2) is 40.8 Å². The lowest BCUT2D eigenvalue weighted by atomic mass is 10.2. The van der Waals surface area contributed by atoms with Gasteiger partial charge >= 0.3 is 6.03 Å².